The molecule has 0 bridgehead atoms. The number of piperidine rings is 1. The van der Waals surface area contributed by atoms with Crippen molar-refractivity contribution in [2.45, 2.75) is 26.2 Å². The fourth-order valence-electron chi connectivity index (χ4n) is 2.70. The lowest BCUT2D eigenvalue weighted by Crippen LogP contribution is -2.41. The molecule has 1 saturated heterocycles. The summed E-state index contributed by atoms with van der Waals surface area (Å²) in [6.07, 6.45) is 3.20. The standard InChI is InChI=1S/C16H19FN4O2/c1-2-11-7-9-21(10-8-11)16(22)18-15-20-19-14(23-15)12-3-5-13(17)6-4-12/h3-6,11H,2,7-10H2,1H3,(H,18,20,22). The van der Waals surface area contributed by atoms with Crippen molar-refractivity contribution < 1.29 is 13.6 Å². The van der Waals surface area contributed by atoms with Crippen LogP contribution in [-0.2, 0) is 0 Å². The van der Waals surface area contributed by atoms with Gasteiger partial charge in [-0.2, -0.15) is 0 Å². The average molecular weight is 318 g/mol. The van der Waals surface area contributed by atoms with Crippen LogP contribution in [0.4, 0.5) is 15.2 Å². The van der Waals surface area contributed by atoms with Crippen molar-refractivity contribution in [2.24, 2.45) is 5.92 Å². The van der Waals surface area contributed by atoms with E-state index >= 15 is 0 Å². The molecule has 6 nitrogen and oxygen atoms in total. The molecule has 1 aliphatic heterocycles. The van der Waals surface area contributed by atoms with Gasteiger partial charge in [-0.25, -0.2) is 9.18 Å². The van der Waals surface area contributed by atoms with E-state index in [0.717, 1.165) is 32.4 Å². The van der Waals surface area contributed by atoms with E-state index < -0.39 is 0 Å². The van der Waals surface area contributed by atoms with Gasteiger partial charge in [0.15, 0.2) is 0 Å². The highest BCUT2D eigenvalue weighted by molar-refractivity contribution is 5.87. The number of nitrogens with zero attached hydrogens (tertiary/aromatic N) is 3. The second-order valence-corrected chi connectivity index (χ2v) is 5.69. The number of benzene rings is 1. The number of likely N-dealkylation sites (tertiary alicyclic amines) is 1. The monoisotopic (exact) mass is 318 g/mol. The van der Waals surface area contributed by atoms with Gasteiger partial charge < -0.3 is 9.32 Å². The predicted octanol–water partition coefficient (Wildman–Crippen LogP) is 3.53. The maximum atomic E-state index is 12.9. The molecule has 1 fully saturated rings. The van der Waals surface area contributed by atoms with Gasteiger partial charge in [0.2, 0.25) is 5.89 Å². The molecule has 1 aromatic heterocycles. The van der Waals surface area contributed by atoms with Crippen molar-refractivity contribution in [2.75, 3.05) is 18.4 Å². The zero-order valence-corrected chi connectivity index (χ0v) is 13.0. The van der Waals surface area contributed by atoms with Gasteiger partial charge in [-0.1, -0.05) is 18.4 Å². The molecular weight excluding hydrogens is 299 g/mol. The first kappa shape index (κ1) is 15.5. The van der Waals surface area contributed by atoms with Crippen molar-refractivity contribution in [1.82, 2.24) is 15.1 Å². The predicted molar refractivity (Wildman–Crippen MR) is 83.3 cm³/mol. The van der Waals surface area contributed by atoms with Crippen LogP contribution in [0.1, 0.15) is 26.2 Å². The van der Waals surface area contributed by atoms with Gasteiger partial charge in [0.1, 0.15) is 5.82 Å². The summed E-state index contributed by atoms with van der Waals surface area (Å²) in [7, 11) is 0. The van der Waals surface area contributed by atoms with E-state index in [9.17, 15) is 9.18 Å². The van der Waals surface area contributed by atoms with Crippen LogP contribution in [0.5, 0.6) is 0 Å². The quantitative estimate of drug-likeness (QED) is 0.939. The van der Waals surface area contributed by atoms with Crippen LogP contribution in [0.15, 0.2) is 28.7 Å². The van der Waals surface area contributed by atoms with Crippen molar-refractivity contribution in [1.29, 1.82) is 0 Å². The maximum Gasteiger partial charge on any atom is 0.325 e. The second kappa shape index (κ2) is 6.76. The summed E-state index contributed by atoms with van der Waals surface area (Å²) in [5, 5.41) is 10.3. The summed E-state index contributed by atoms with van der Waals surface area (Å²) in [4.78, 5) is 13.9. The Morgan fingerprint density at radius 3 is 2.65 bits per heavy atom. The lowest BCUT2D eigenvalue weighted by molar-refractivity contribution is 0.181. The van der Waals surface area contributed by atoms with Crippen molar-refractivity contribution in [3.8, 4) is 11.5 Å². The number of aromatic nitrogens is 2. The molecule has 2 heterocycles. The van der Waals surface area contributed by atoms with Gasteiger partial charge in [-0.05, 0) is 43.0 Å². The maximum absolute atomic E-state index is 12.9. The van der Waals surface area contributed by atoms with E-state index in [1.54, 1.807) is 17.0 Å². The van der Waals surface area contributed by atoms with Crippen LogP contribution in [0.25, 0.3) is 11.5 Å². The Morgan fingerprint density at radius 1 is 1.30 bits per heavy atom. The number of carbonyl (C=O) groups is 1. The van der Waals surface area contributed by atoms with Crippen LogP contribution < -0.4 is 5.32 Å². The van der Waals surface area contributed by atoms with Crippen LogP contribution in [0.3, 0.4) is 0 Å². The zero-order valence-electron chi connectivity index (χ0n) is 13.0. The minimum atomic E-state index is -0.336. The highest BCUT2D eigenvalue weighted by Crippen LogP contribution is 2.22. The molecule has 122 valence electrons. The number of hydrogen-bond acceptors (Lipinski definition) is 4. The van der Waals surface area contributed by atoms with E-state index in [0.29, 0.717) is 11.5 Å². The number of rotatable bonds is 3. The Hall–Kier alpha value is -2.44. The van der Waals surface area contributed by atoms with Crippen LogP contribution in [0.2, 0.25) is 0 Å². The Bertz CT molecular complexity index is 663. The lowest BCUT2D eigenvalue weighted by atomic mass is 9.95. The lowest BCUT2D eigenvalue weighted by Gasteiger charge is -2.30. The van der Waals surface area contributed by atoms with Crippen molar-refractivity contribution >= 4 is 12.0 Å². The fraction of sp³-hybridized carbons (Fsp3) is 0.438. The number of amides is 2. The third-order valence-corrected chi connectivity index (χ3v) is 4.21. The first-order valence-electron chi connectivity index (χ1n) is 7.81. The molecule has 3 rings (SSSR count). The normalized spacial score (nSPS) is 15.7. The van der Waals surface area contributed by atoms with Crippen molar-refractivity contribution in [3.63, 3.8) is 0 Å². The summed E-state index contributed by atoms with van der Waals surface area (Å²) in [5.74, 6) is 0.606. The second-order valence-electron chi connectivity index (χ2n) is 5.69. The number of nitrogens with one attached hydrogen (secondary N) is 1. The summed E-state index contributed by atoms with van der Waals surface area (Å²) in [6.45, 7) is 3.66. The summed E-state index contributed by atoms with van der Waals surface area (Å²) in [5.41, 5.74) is 0.600. The fourth-order valence-corrected chi connectivity index (χ4v) is 2.70. The molecule has 0 unspecified atom stereocenters. The van der Waals surface area contributed by atoms with Crippen LogP contribution in [-0.4, -0.2) is 34.2 Å². The summed E-state index contributed by atoms with van der Waals surface area (Å²) in [6, 6.07) is 5.54. The molecule has 1 aromatic carbocycles. The number of anilines is 1. The Kier molecular flexibility index (Phi) is 4.55. The molecule has 0 spiro atoms. The van der Waals surface area contributed by atoms with E-state index in [1.165, 1.54) is 12.1 Å². The van der Waals surface area contributed by atoms with Crippen molar-refractivity contribution in [3.05, 3.63) is 30.1 Å². The molecule has 1 N–H and O–H groups in total. The molecule has 0 atom stereocenters. The Balaban J connectivity index is 1.60. The van der Waals surface area contributed by atoms with Gasteiger partial charge in [-0.3, -0.25) is 5.32 Å². The molecule has 0 aliphatic carbocycles. The number of halogens is 1. The van der Waals surface area contributed by atoms with E-state index in [4.69, 9.17) is 4.42 Å². The van der Waals surface area contributed by atoms with Gasteiger partial charge in [0, 0.05) is 18.7 Å². The number of urea groups is 1. The number of carbonyl (C=O) groups excluding carboxylic acids is 1. The first-order valence-corrected chi connectivity index (χ1v) is 7.81. The smallest absolute Gasteiger partial charge is 0.325 e. The van der Waals surface area contributed by atoms with Crippen LogP contribution >= 0.6 is 0 Å². The molecule has 2 aromatic rings. The molecular formula is C16H19FN4O2. The van der Waals surface area contributed by atoms with Crippen LogP contribution in [0, 0.1) is 11.7 Å². The largest absolute Gasteiger partial charge is 0.403 e. The third-order valence-electron chi connectivity index (χ3n) is 4.21. The first-order chi connectivity index (χ1) is 11.2. The summed E-state index contributed by atoms with van der Waals surface area (Å²) < 4.78 is 18.3. The van der Waals surface area contributed by atoms with Gasteiger partial charge in [0.25, 0.3) is 0 Å². The topological polar surface area (TPSA) is 71.3 Å². The Labute approximate surface area is 133 Å². The molecule has 1 aliphatic rings. The highest BCUT2D eigenvalue weighted by atomic mass is 19.1. The van der Waals surface area contributed by atoms with Gasteiger partial charge in [0.05, 0.1) is 0 Å². The molecule has 7 heteroatoms. The average Bonchev–Trinajstić information content (AvgIpc) is 3.04. The number of hydrogen-bond donors (Lipinski definition) is 1. The molecule has 0 saturated carbocycles. The molecule has 23 heavy (non-hydrogen) atoms. The SMILES string of the molecule is CCC1CCN(C(=O)Nc2nnc(-c3ccc(F)cc3)o2)CC1. The minimum Gasteiger partial charge on any atom is -0.403 e. The third kappa shape index (κ3) is 3.67. The van der Waals surface area contributed by atoms with E-state index in [-0.39, 0.29) is 23.8 Å². The van der Waals surface area contributed by atoms with Gasteiger partial charge in [-0.15, -0.1) is 5.10 Å². The molecule has 2 amide bonds. The van der Waals surface area contributed by atoms with Gasteiger partial charge >= 0.3 is 12.0 Å². The van der Waals surface area contributed by atoms with E-state index in [2.05, 4.69) is 22.4 Å². The summed E-state index contributed by atoms with van der Waals surface area (Å²) >= 11 is 0. The highest BCUT2D eigenvalue weighted by Gasteiger charge is 2.23. The zero-order chi connectivity index (χ0) is 16.2. The molecule has 0 radical (unpaired) electrons. The Morgan fingerprint density at radius 2 is 2.00 bits per heavy atom. The minimum absolute atomic E-state index is 0.0481. The van der Waals surface area contributed by atoms with E-state index in [1.807, 2.05) is 0 Å².